The Morgan fingerprint density at radius 3 is 2.57 bits per heavy atom. The first-order valence-electron chi connectivity index (χ1n) is 7.32. The zero-order valence-electron chi connectivity index (χ0n) is 12.4. The van der Waals surface area contributed by atoms with E-state index in [1.165, 1.54) is 6.26 Å². The van der Waals surface area contributed by atoms with Crippen molar-refractivity contribution in [2.45, 2.75) is 24.8 Å². The largest absolute Gasteiger partial charge is 0.467 e. The number of amides is 1. The molecule has 2 aromatic rings. The fraction of sp³-hybridized carbons (Fsp3) is 0.294. The van der Waals surface area contributed by atoms with E-state index in [1.54, 1.807) is 24.3 Å². The summed E-state index contributed by atoms with van der Waals surface area (Å²) >= 11 is 5.86. The highest BCUT2D eigenvalue weighted by atomic mass is 35.5. The van der Waals surface area contributed by atoms with Crippen molar-refractivity contribution in [2.24, 2.45) is 0 Å². The fourth-order valence-electron chi connectivity index (χ4n) is 2.42. The van der Waals surface area contributed by atoms with Crippen LogP contribution >= 0.6 is 11.6 Å². The highest BCUT2D eigenvalue weighted by Crippen LogP contribution is 2.49. The van der Waals surface area contributed by atoms with E-state index in [0.29, 0.717) is 10.8 Å². The lowest BCUT2D eigenvalue weighted by Gasteiger charge is -2.14. The van der Waals surface area contributed by atoms with Crippen LogP contribution in [0.3, 0.4) is 0 Å². The first-order chi connectivity index (χ1) is 11.1. The Bertz CT molecular complexity index is 690. The van der Waals surface area contributed by atoms with Gasteiger partial charge in [0.2, 0.25) is 0 Å². The Morgan fingerprint density at radius 2 is 1.96 bits per heavy atom. The van der Waals surface area contributed by atoms with E-state index in [-0.39, 0.29) is 25.0 Å². The van der Waals surface area contributed by atoms with Crippen LogP contribution in [0.5, 0.6) is 0 Å². The summed E-state index contributed by atoms with van der Waals surface area (Å²) in [5, 5.41) is 3.25. The van der Waals surface area contributed by atoms with Crippen LogP contribution < -0.4 is 5.32 Å². The van der Waals surface area contributed by atoms with Gasteiger partial charge < -0.3 is 14.5 Å². The molecule has 3 rings (SSSR count). The maximum atomic E-state index is 12.3. The molecule has 0 unspecified atom stereocenters. The Morgan fingerprint density at radius 1 is 1.22 bits per heavy atom. The van der Waals surface area contributed by atoms with Crippen LogP contribution in [-0.4, -0.2) is 18.5 Å². The van der Waals surface area contributed by atoms with Crippen LogP contribution in [0.1, 0.15) is 24.2 Å². The number of esters is 1. The maximum Gasteiger partial charge on any atom is 0.317 e. The molecule has 1 aliphatic carbocycles. The number of furan rings is 1. The minimum atomic E-state index is -0.619. The number of rotatable bonds is 6. The Kier molecular flexibility index (Phi) is 4.39. The molecule has 120 valence electrons. The zero-order valence-corrected chi connectivity index (χ0v) is 13.1. The second-order valence-electron chi connectivity index (χ2n) is 5.52. The minimum absolute atomic E-state index is 0.270. The lowest BCUT2D eigenvalue weighted by Crippen LogP contribution is -2.31. The zero-order chi connectivity index (χ0) is 16.3. The second kappa shape index (κ2) is 6.46. The van der Waals surface area contributed by atoms with Crippen molar-refractivity contribution in [1.82, 2.24) is 5.32 Å². The number of ether oxygens (including phenoxy) is 1. The first-order valence-corrected chi connectivity index (χ1v) is 7.70. The van der Waals surface area contributed by atoms with Crippen molar-refractivity contribution in [3.63, 3.8) is 0 Å². The van der Waals surface area contributed by atoms with E-state index in [0.717, 1.165) is 18.4 Å². The van der Waals surface area contributed by atoms with E-state index in [2.05, 4.69) is 5.32 Å². The van der Waals surface area contributed by atoms with Crippen LogP contribution in [0.15, 0.2) is 47.1 Å². The standard InChI is InChI=1S/C17H16ClNO4/c18-13-5-3-12(4-6-13)17(7-8-17)16(21)23-11-15(20)19-10-14-2-1-9-22-14/h1-6,9H,7-8,10-11H2,(H,19,20). The van der Waals surface area contributed by atoms with Gasteiger partial charge >= 0.3 is 5.97 Å². The number of carbonyl (C=O) groups excluding carboxylic acids is 2. The summed E-state index contributed by atoms with van der Waals surface area (Å²) < 4.78 is 10.3. The fourth-order valence-corrected chi connectivity index (χ4v) is 2.55. The predicted molar refractivity (Wildman–Crippen MR) is 83.9 cm³/mol. The Labute approximate surface area is 138 Å². The van der Waals surface area contributed by atoms with Crippen molar-refractivity contribution >= 4 is 23.5 Å². The first kappa shape index (κ1) is 15.6. The summed E-state index contributed by atoms with van der Waals surface area (Å²) in [5.41, 5.74) is 0.259. The molecule has 1 heterocycles. The number of halogens is 1. The van der Waals surface area contributed by atoms with E-state index in [9.17, 15) is 9.59 Å². The van der Waals surface area contributed by atoms with Gasteiger partial charge in [-0.3, -0.25) is 9.59 Å². The van der Waals surface area contributed by atoms with Crippen LogP contribution in [0, 0.1) is 0 Å². The summed E-state index contributed by atoms with van der Waals surface area (Å²) in [6.07, 6.45) is 2.98. The summed E-state index contributed by atoms with van der Waals surface area (Å²) in [4.78, 5) is 24.0. The van der Waals surface area contributed by atoms with Crippen LogP contribution in [-0.2, 0) is 26.3 Å². The third-order valence-electron chi connectivity index (χ3n) is 3.91. The van der Waals surface area contributed by atoms with Gasteiger partial charge in [0, 0.05) is 5.02 Å². The second-order valence-corrected chi connectivity index (χ2v) is 5.96. The van der Waals surface area contributed by atoms with Gasteiger partial charge in [-0.15, -0.1) is 0 Å². The molecule has 1 aliphatic rings. The van der Waals surface area contributed by atoms with E-state index < -0.39 is 5.41 Å². The van der Waals surface area contributed by atoms with Crippen molar-refractivity contribution in [3.8, 4) is 0 Å². The highest BCUT2D eigenvalue weighted by molar-refractivity contribution is 6.30. The topological polar surface area (TPSA) is 68.5 Å². The molecule has 0 radical (unpaired) electrons. The van der Waals surface area contributed by atoms with Crippen molar-refractivity contribution < 1.29 is 18.7 Å². The number of hydrogen-bond donors (Lipinski definition) is 1. The van der Waals surface area contributed by atoms with Gasteiger partial charge in [-0.05, 0) is 42.7 Å². The molecular weight excluding hydrogens is 318 g/mol. The smallest absolute Gasteiger partial charge is 0.317 e. The van der Waals surface area contributed by atoms with Crippen LogP contribution in [0.2, 0.25) is 5.02 Å². The average Bonchev–Trinajstić information content (AvgIpc) is 3.20. The SMILES string of the molecule is O=C(COC(=O)C1(c2ccc(Cl)cc2)CC1)NCc1ccco1. The molecule has 0 saturated heterocycles. The highest BCUT2D eigenvalue weighted by Gasteiger charge is 2.52. The van der Waals surface area contributed by atoms with Crippen molar-refractivity contribution in [1.29, 1.82) is 0 Å². The molecule has 0 spiro atoms. The van der Waals surface area contributed by atoms with E-state index in [4.69, 9.17) is 20.8 Å². The Balaban J connectivity index is 1.51. The third-order valence-corrected chi connectivity index (χ3v) is 4.16. The van der Waals surface area contributed by atoms with Crippen molar-refractivity contribution in [3.05, 3.63) is 59.0 Å². The van der Waals surface area contributed by atoms with Gasteiger partial charge in [-0.1, -0.05) is 23.7 Å². The predicted octanol–water partition coefficient (Wildman–Crippen LogP) is 2.82. The molecule has 1 amide bonds. The normalized spacial score (nSPS) is 15.0. The molecule has 0 atom stereocenters. The van der Waals surface area contributed by atoms with E-state index in [1.807, 2.05) is 12.1 Å². The van der Waals surface area contributed by atoms with Gasteiger partial charge in [0.1, 0.15) is 5.76 Å². The molecule has 1 fully saturated rings. The van der Waals surface area contributed by atoms with Gasteiger partial charge in [0.05, 0.1) is 18.2 Å². The molecule has 1 saturated carbocycles. The molecular formula is C17H16ClNO4. The summed E-state index contributed by atoms with van der Waals surface area (Å²) in [6, 6.07) is 10.7. The molecule has 0 aliphatic heterocycles. The minimum Gasteiger partial charge on any atom is -0.467 e. The lowest BCUT2D eigenvalue weighted by atomic mass is 9.96. The maximum absolute atomic E-state index is 12.3. The average molecular weight is 334 g/mol. The van der Waals surface area contributed by atoms with Gasteiger partial charge in [0.15, 0.2) is 6.61 Å². The molecule has 1 N–H and O–H groups in total. The molecule has 0 bridgehead atoms. The summed E-state index contributed by atoms with van der Waals surface area (Å²) in [6.45, 7) is -0.0272. The molecule has 23 heavy (non-hydrogen) atoms. The van der Waals surface area contributed by atoms with Crippen LogP contribution in [0.25, 0.3) is 0 Å². The molecule has 5 nitrogen and oxygen atoms in total. The number of hydrogen-bond acceptors (Lipinski definition) is 4. The van der Waals surface area contributed by atoms with Crippen LogP contribution in [0.4, 0.5) is 0 Å². The number of carbonyl (C=O) groups is 2. The summed E-state index contributed by atoms with van der Waals surface area (Å²) in [5.74, 6) is -0.0841. The van der Waals surface area contributed by atoms with E-state index >= 15 is 0 Å². The number of nitrogens with one attached hydrogen (secondary N) is 1. The molecule has 1 aromatic carbocycles. The van der Waals surface area contributed by atoms with Crippen molar-refractivity contribution in [2.75, 3.05) is 6.61 Å². The number of benzene rings is 1. The quantitative estimate of drug-likeness (QED) is 0.825. The third kappa shape index (κ3) is 3.56. The monoisotopic (exact) mass is 333 g/mol. The Hall–Kier alpha value is -2.27. The lowest BCUT2D eigenvalue weighted by molar-refractivity contribution is -0.151. The van der Waals surface area contributed by atoms with Gasteiger partial charge in [-0.2, -0.15) is 0 Å². The van der Waals surface area contributed by atoms with Gasteiger partial charge in [0.25, 0.3) is 5.91 Å². The molecule has 6 heteroatoms. The molecule has 1 aromatic heterocycles. The van der Waals surface area contributed by atoms with Gasteiger partial charge in [-0.25, -0.2) is 0 Å². The summed E-state index contributed by atoms with van der Waals surface area (Å²) in [7, 11) is 0.